The molecule has 0 spiro atoms. The Labute approximate surface area is 98.5 Å². The average Bonchev–Trinajstić information content (AvgIpc) is 2.24. The van der Waals surface area contributed by atoms with Crippen LogP contribution in [0.4, 0.5) is 5.82 Å². The Morgan fingerprint density at radius 3 is 2.75 bits per heavy atom. The molecule has 0 aliphatic heterocycles. The van der Waals surface area contributed by atoms with Crippen LogP contribution in [0.25, 0.3) is 0 Å². The number of aryl methyl sites for hydroxylation is 1. The Morgan fingerprint density at radius 2 is 2.06 bits per heavy atom. The van der Waals surface area contributed by atoms with Crippen molar-refractivity contribution in [1.29, 1.82) is 0 Å². The smallest absolute Gasteiger partial charge is 0.126 e. The normalized spacial score (nSPS) is 30.1. The molecule has 0 saturated heterocycles. The quantitative estimate of drug-likeness (QED) is 0.820. The van der Waals surface area contributed by atoms with E-state index in [0.717, 1.165) is 17.7 Å². The van der Waals surface area contributed by atoms with Gasteiger partial charge in [-0.3, -0.25) is 0 Å². The molecule has 88 valence electrons. The minimum atomic E-state index is 0.612. The molecule has 3 atom stereocenters. The number of rotatable bonds is 2. The van der Waals surface area contributed by atoms with E-state index in [0.29, 0.717) is 6.04 Å². The summed E-state index contributed by atoms with van der Waals surface area (Å²) in [6.07, 6.45) is 5.77. The van der Waals surface area contributed by atoms with Crippen molar-refractivity contribution in [3.05, 3.63) is 23.9 Å². The summed E-state index contributed by atoms with van der Waals surface area (Å²) in [6.45, 7) is 6.84. The lowest BCUT2D eigenvalue weighted by molar-refractivity contribution is 0.260. The predicted molar refractivity (Wildman–Crippen MR) is 68.6 cm³/mol. The van der Waals surface area contributed by atoms with Gasteiger partial charge >= 0.3 is 0 Å². The maximum atomic E-state index is 4.37. The van der Waals surface area contributed by atoms with E-state index in [9.17, 15) is 0 Å². The highest BCUT2D eigenvalue weighted by Gasteiger charge is 2.24. The Bertz CT molecular complexity index is 348. The maximum Gasteiger partial charge on any atom is 0.126 e. The second-order valence-electron chi connectivity index (χ2n) is 5.33. The molecule has 1 fully saturated rings. The van der Waals surface area contributed by atoms with Gasteiger partial charge in [-0.25, -0.2) is 4.98 Å². The third-order valence-electron chi connectivity index (χ3n) is 3.87. The van der Waals surface area contributed by atoms with Gasteiger partial charge in [-0.15, -0.1) is 0 Å². The van der Waals surface area contributed by atoms with Crippen molar-refractivity contribution >= 4 is 5.82 Å². The first-order chi connectivity index (χ1) is 7.65. The summed E-state index contributed by atoms with van der Waals surface area (Å²) < 4.78 is 0. The van der Waals surface area contributed by atoms with E-state index in [4.69, 9.17) is 0 Å². The summed E-state index contributed by atoms with van der Waals surface area (Å²) in [6, 6.07) is 4.78. The van der Waals surface area contributed by atoms with Crippen LogP contribution in [-0.4, -0.2) is 11.0 Å². The van der Waals surface area contributed by atoms with Crippen molar-refractivity contribution < 1.29 is 0 Å². The molecule has 0 aromatic carbocycles. The molecule has 3 unspecified atom stereocenters. The van der Waals surface area contributed by atoms with Crippen LogP contribution in [0.1, 0.15) is 38.7 Å². The summed E-state index contributed by atoms with van der Waals surface area (Å²) in [5.74, 6) is 2.74. The molecular weight excluding hydrogens is 196 g/mol. The minimum Gasteiger partial charge on any atom is -0.367 e. The van der Waals surface area contributed by atoms with E-state index >= 15 is 0 Å². The maximum absolute atomic E-state index is 4.37. The molecule has 0 radical (unpaired) electrons. The van der Waals surface area contributed by atoms with E-state index in [1.165, 1.54) is 24.8 Å². The second kappa shape index (κ2) is 4.86. The molecule has 1 aromatic heterocycles. The molecule has 1 N–H and O–H groups in total. The first kappa shape index (κ1) is 11.4. The number of nitrogens with zero attached hydrogens (tertiary/aromatic N) is 1. The van der Waals surface area contributed by atoms with Gasteiger partial charge in [0.25, 0.3) is 0 Å². The zero-order valence-corrected chi connectivity index (χ0v) is 10.5. The summed E-state index contributed by atoms with van der Waals surface area (Å²) in [5, 5.41) is 3.56. The van der Waals surface area contributed by atoms with Crippen molar-refractivity contribution in [2.24, 2.45) is 11.8 Å². The van der Waals surface area contributed by atoms with Gasteiger partial charge < -0.3 is 5.32 Å². The van der Waals surface area contributed by atoms with Crippen LogP contribution >= 0.6 is 0 Å². The fraction of sp³-hybridized carbons (Fsp3) is 0.643. The van der Waals surface area contributed by atoms with E-state index in [1.54, 1.807) is 0 Å². The van der Waals surface area contributed by atoms with Gasteiger partial charge in [0.15, 0.2) is 0 Å². The summed E-state index contributed by atoms with van der Waals surface area (Å²) in [7, 11) is 0. The topological polar surface area (TPSA) is 24.9 Å². The van der Waals surface area contributed by atoms with E-state index in [2.05, 4.69) is 37.1 Å². The molecule has 2 nitrogen and oxygen atoms in total. The highest BCUT2D eigenvalue weighted by Crippen LogP contribution is 2.30. The van der Waals surface area contributed by atoms with Crippen LogP contribution in [0.5, 0.6) is 0 Å². The molecule has 16 heavy (non-hydrogen) atoms. The first-order valence-electron chi connectivity index (χ1n) is 6.34. The van der Waals surface area contributed by atoms with Crippen LogP contribution in [0.3, 0.4) is 0 Å². The van der Waals surface area contributed by atoms with Gasteiger partial charge in [0, 0.05) is 12.2 Å². The number of nitrogens with one attached hydrogen (secondary N) is 1. The van der Waals surface area contributed by atoms with E-state index in [-0.39, 0.29) is 0 Å². The molecule has 2 heteroatoms. The average molecular weight is 218 g/mol. The van der Waals surface area contributed by atoms with Gasteiger partial charge in [0.1, 0.15) is 5.82 Å². The van der Waals surface area contributed by atoms with Gasteiger partial charge in [-0.1, -0.05) is 13.8 Å². The number of pyridine rings is 1. The lowest BCUT2D eigenvalue weighted by atomic mass is 9.79. The Hall–Kier alpha value is -1.05. The van der Waals surface area contributed by atoms with Gasteiger partial charge in [0.2, 0.25) is 0 Å². The van der Waals surface area contributed by atoms with Crippen molar-refractivity contribution in [3.8, 4) is 0 Å². The predicted octanol–water partition coefficient (Wildman–Crippen LogP) is 3.63. The zero-order valence-electron chi connectivity index (χ0n) is 10.5. The molecule has 2 rings (SSSR count). The van der Waals surface area contributed by atoms with Gasteiger partial charge in [0.05, 0.1) is 0 Å². The number of hydrogen-bond acceptors (Lipinski definition) is 2. The number of anilines is 1. The van der Waals surface area contributed by atoms with Crippen LogP contribution in [-0.2, 0) is 0 Å². The van der Waals surface area contributed by atoms with Crippen molar-refractivity contribution in [3.63, 3.8) is 0 Å². The van der Waals surface area contributed by atoms with E-state index < -0.39 is 0 Å². The summed E-state index contributed by atoms with van der Waals surface area (Å²) in [5.41, 5.74) is 1.27. The molecule has 0 amide bonds. The third-order valence-corrected chi connectivity index (χ3v) is 3.87. The molecule has 0 bridgehead atoms. The molecule has 1 aromatic rings. The Balaban J connectivity index is 1.95. The Kier molecular flexibility index (Phi) is 3.47. The third kappa shape index (κ3) is 2.75. The fourth-order valence-corrected chi connectivity index (χ4v) is 2.50. The van der Waals surface area contributed by atoms with Crippen LogP contribution in [0.2, 0.25) is 0 Å². The SMILES string of the molecule is Cc1ccnc(NC2CCC(C)C(C)C2)c1. The number of hydrogen-bond donors (Lipinski definition) is 1. The zero-order chi connectivity index (χ0) is 11.5. The standard InChI is InChI=1S/C14H22N2/c1-10-6-7-15-14(8-10)16-13-5-4-11(2)12(3)9-13/h6-8,11-13H,4-5,9H2,1-3H3,(H,15,16). The molecule has 1 aliphatic carbocycles. The lowest BCUT2D eigenvalue weighted by Crippen LogP contribution is -2.30. The number of aromatic nitrogens is 1. The fourth-order valence-electron chi connectivity index (χ4n) is 2.50. The summed E-state index contributed by atoms with van der Waals surface area (Å²) >= 11 is 0. The first-order valence-corrected chi connectivity index (χ1v) is 6.34. The largest absolute Gasteiger partial charge is 0.367 e. The minimum absolute atomic E-state index is 0.612. The highest BCUT2D eigenvalue weighted by atomic mass is 15.0. The van der Waals surface area contributed by atoms with Crippen molar-refractivity contribution in [2.75, 3.05) is 5.32 Å². The van der Waals surface area contributed by atoms with Crippen molar-refractivity contribution in [2.45, 2.75) is 46.1 Å². The highest BCUT2D eigenvalue weighted by molar-refractivity contribution is 5.38. The molecule has 1 heterocycles. The van der Waals surface area contributed by atoms with Crippen LogP contribution in [0.15, 0.2) is 18.3 Å². The second-order valence-corrected chi connectivity index (χ2v) is 5.33. The summed E-state index contributed by atoms with van der Waals surface area (Å²) in [4.78, 5) is 4.37. The van der Waals surface area contributed by atoms with Crippen LogP contribution < -0.4 is 5.32 Å². The molecular formula is C14H22N2. The molecule has 1 aliphatic rings. The monoisotopic (exact) mass is 218 g/mol. The molecule has 1 saturated carbocycles. The lowest BCUT2D eigenvalue weighted by Gasteiger charge is -2.32. The van der Waals surface area contributed by atoms with Gasteiger partial charge in [-0.05, 0) is 55.7 Å². The van der Waals surface area contributed by atoms with Crippen molar-refractivity contribution in [1.82, 2.24) is 4.98 Å². The van der Waals surface area contributed by atoms with Gasteiger partial charge in [-0.2, -0.15) is 0 Å². The van der Waals surface area contributed by atoms with Crippen LogP contribution in [0, 0.1) is 18.8 Å². The van der Waals surface area contributed by atoms with E-state index in [1.807, 2.05) is 12.3 Å². The Morgan fingerprint density at radius 1 is 1.25 bits per heavy atom.